The fourth-order valence-corrected chi connectivity index (χ4v) is 2.94. The van der Waals surface area contributed by atoms with Crippen molar-refractivity contribution in [3.8, 4) is 0 Å². The predicted molar refractivity (Wildman–Crippen MR) is 93.3 cm³/mol. The van der Waals surface area contributed by atoms with Gasteiger partial charge in [-0.25, -0.2) is 0 Å². The van der Waals surface area contributed by atoms with Crippen LogP contribution in [0.5, 0.6) is 0 Å². The molecule has 6 heteroatoms. The van der Waals surface area contributed by atoms with E-state index >= 15 is 0 Å². The van der Waals surface area contributed by atoms with E-state index in [-0.39, 0.29) is 5.91 Å². The van der Waals surface area contributed by atoms with Crippen LogP contribution in [0.3, 0.4) is 0 Å². The molecule has 1 aromatic carbocycles. The highest BCUT2D eigenvalue weighted by Gasteiger charge is 2.16. The van der Waals surface area contributed by atoms with Crippen molar-refractivity contribution in [1.29, 1.82) is 0 Å². The van der Waals surface area contributed by atoms with E-state index in [1.165, 1.54) is 5.69 Å². The first-order chi connectivity index (χ1) is 11.7. The molecule has 6 nitrogen and oxygen atoms in total. The summed E-state index contributed by atoms with van der Waals surface area (Å²) in [6, 6.07) is 12.2. The highest BCUT2D eigenvalue weighted by Crippen LogP contribution is 2.15. The smallest absolute Gasteiger partial charge is 0.273 e. The number of para-hydroxylation sites is 1. The number of amides is 1. The van der Waals surface area contributed by atoms with Crippen molar-refractivity contribution in [1.82, 2.24) is 15.4 Å². The number of nitrogens with zero attached hydrogens (tertiary/aromatic N) is 3. The molecule has 0 spiro atoms. The summed E-state index contributed by atoms with van der Waals surface area (Å²) in [4.78, 5) is 16.7. The first kappa shape index (κ1) is 16.5. The lowest BCUT2D eigenvalue weighted by atomic mass is 10.2. The monoisotopic (exact) mass is 328 g/mol. The highest BCUT2D eigenvalue weighted by atomic mass is 16.5. The van der Waals surface area contributed by atoms with Crippen LogP contribution in [0, 0.1) is 6.92 Å². The van der Waals surface area contributed by atoms with Crippen molar-refractivity contribution >= 4 is 11.6 Å². The van der Waals surface area contributed by atoms with Crippen LogP contribution in [-0.2, 0) is 0 Å². The summed E-state index contributed by atoms with van der Waals surface area (Å²) < 4.78 is 4.91. The van der Waals surface area contributed by atoms with Gasteiger partial charge in [0.1, 0.15) is 5.76 Å². The molecule has 0 saturated carbocycles. The Balaban J connectivity index is 1.33. The molecule has 3 rings (SSSR count). The summed E-state index contributed by atoms with van der Waals surface area (Å²) in [6.45, 7) is 7.66. The van der Waals surface area contributed by atoms with Gasteiger partial charge in [-0.3, -0.25) is 9.69 Å². The van der Waals surface area contributed by atoms with E-state index in [0.29, 0.717) is 18.0 Å². The van der Waals surface area contributed by atoms with Gasteiger partial charge >= 0.3 is 0 Å². The van der Waals surface area contributed by atoms with Gasteiger partial charge in [0.05, 0.1) is 0 Å². The van der Waals surface area contributed by atoms with E-state index in [2.05, 4.69) is 50.6 Å². The molecule has 0 unspecified atom stereocenters. The summed E-state index contributed by atoms with van der Waals surface area (Å²) in [6.07, 6.45) is 0.938. The SMILES string of the molecule is Cc1cc(C(=O)NCCCN2CCN(c3ccccc3)CC2)no1. The second kappa shape index (κ2) is 7.97. The first-order valence-corrected chi connectivity index (χ1v) is 8.46. The van der Waals surface area contributed by atoms with Crippen molar-refractivity contribution in [2.45, 2.75) is 13.3 Å². The van der Waals surface area contributed by atoms with Gasteiger partial charge in [-0.2, -0.15) is 0 Å². The number of carbonyl (C=O) groups excluding carboxylic acids is 1. The van der Waals surface area contributed by atoms with Crippen LogP contribution in [0.25, 0.3) is 0 Å². The Hall–Kier alpha value is -2.34. The number of nitrogens with one attached hydrogen (secondary N) is 1. The molecule has 1 aromatic heterocycles. The van der Waals surface area contributed by atoms with Crippen molar-refractivity contribution < 1.29 is 9.32 Å². The van der Waals surface area contributed by atoms with Crippen molar-refractivity contribution in [3.05, 3.63) is 47.9 Å². The molecule has 0 aliphatic carbocycles. The summed E-state index contributed by atoms with van der Waals surface area (Å²) in [5.74, 6) is 0.484. The van der Waals surface area contributed by atoms with Crippen LogP contribution < -0.4 is 10.2 Å². The number of hydrogen-bond acceptors (Lipinski definition) is 5. The fourth-order valence-electron chi connectivity index (χ4n) is 2.94. The zero-order chi connectivity index (χ0) is 16.8. The molecule has 0 atom stereocenters. The molecule has 1 amide bonds. The van der Waals surface area contributed by atoms with E-state index in [0.717, 1.165) is 39.1 Å². The summed E-state index contributed by atoms with van der Waals surface area (Å²) >= 11 is 0. The van der Waals surface area contributed by atoms with Crippen molar-refractivity contribution in [2.75, 3.05) is 44.2 Å². The number of rotatable bonds is 6. The van der Waals surface area contributed by atoms with Crippen LogP contribution in [0.15, 0.2) is 40.9 Å². The van der Waals surface area contributed by atoms with Crippen LogP contribution in [0.1, 0.15) is 22.7 Å². The Morgan fingerprint density at radius 2 is 1.96 bits per heavy atom. The highest BCUT2D eigenvalue weighted by molar-refractivity contribution is 5.92. The molecule has 1 N–H and O–H groups in total. The normalized spacial score (nSPS) is 15.5. The number of aryl methyl sites for hydroxylation is 1. The average Bonchev–Trinajstić information content (AvgIpc) is 3.06. The quantitative estimate of drug-likeness (QED) is 0.821. The number of benzene rings is 1. The second-order valence-electron chi connectivity index (χ2n) is 6.10. The average molecular weight is 328 g/mol. The summed E-state index contributed by atoms with van der Waals surface area (Å²) in [7, 11) is 0. The van der Waals surface area contributed by atoms with Gasteiger partial charge in [-0.05, 0) is 32.0 Å². The van der Waals surface area contributed by atoms with E-state index in [4.69, 9.17) is 4.52 Å². The van der Waals surface area contributed by atoms with Crippen LogP contribution in [0.2, 0.25) is 0 Å². The van der Waals surface area contributed by atoms with Gasteiger partial charge in [0.2, 0.25) is 0 Å². The Morgan fingerprint density at radius 3 is 2.62 bits per heavy atom. The molecule has 1 aliphatic heterocycles. The number of aromatic nitrogens is 1. The van der Waals surface area contributed by atoms with Crippen molar-refractivity contribution in [2.24, 2.45) is 0 Å². The molecular formula is C18H24N4O2. The summed E-state index contributed by atoms with van der Waals surface area (Å²) in [5.41, 5.74) is 1.65. The van der Waals surface area contributed by atoms with Crippen LogP contribution >= 0.6 is 0 Å². The third kappa shape index (κ3) is 4.35. The predicted octanol–water partition coefficient (Wildman–Crippen LogP) is 1.93. The Kier molecular flexibility index (Phi) is 5.48. The molecule has 24 heavy (non-hydrogen) atoms. The molecule has 2 aromatic rings. The maximum atomic E-state index is 11.9. The minimum absolute atomic E-state index is 0.166. The summed E-state index contributed by atoms with van der Waals surface area (Å²) in [5, 5.41) is 6.61. The van der Waals surface area contributed by atoms with Gasteiger partial charge in [0.15, 0.2) is 5.69 Å². The second-order valence-corrected chi connectivity index (χ2v) is 6.10. The van der Waals surface area contributed by atoms with E-state index < -0.39 is 0 Å². The molecule has 128 valence electrons. The molecule has 1 fully saturated rings. The lowest BCUT2D eigenvalue weighted by Crippen LogP contribution is -2.47. The zero-order valence-electron chi connectivity index (χ0n) is 14.1. The number of carbonyl (C=O) groups is 1. The maximum absolute atomic E-state index is 11.9. The van der Waals surface area contributed by atoms with Gasteiger partial charge in [0, 0.05) is 44.5 Å². The topological polar surface area (TPSA) is 61.6 Å². The van der Waals surface area contributed by atoms with Crippen LogP contribution in [0.4, 0.5) is 5.69 Å². The minimum atomic E-state index is -0.166. The molecule has 0 bridgehead atoms. The largest absolute Gasteiger partial charge is 0.369 e. The standard InChI is InChI=1S/C18H24N4O2/c1-15-14-17(20-24-15)18(23)19-8-5-9-21-10-12-22(13-11-21)16-6-3-2-4-7-16/h2-4,6-7,14H,5,8-13H2,1H3,(H,19,23). The third-order valence-electron chi connectivity index (χ3n) is 4.29. The van der Waals surface area contributed by atoms with E-state index in [9.17, 15) is 4.79 Å². The number of piperazine rings is 1. The van der Waals surface area contributed by atoms with Gasteiger partial charge in [-0.15, -0.1) is 0 Å². The number of hydrogen-bond donors (Lipinski definition) is 1. The van der Waals surface area contributed by atoms with Gasteiger partial charge < -0.3 is 14.7 Å². The van der Waals surface area contributed by atoms with E-state index in [1.807, 2.05) is 0 Å². The van der Waals surface area contributed by atoms with E-state index in [1.54, 1.807) is 13.0 Å². The molecule has 1 saturated heterocycles. The first-order valence-electron chi connectivity index (χ1n) is 8.46. The van der Waals surface area contributed by atoms with Crippen LogP contribution in [-0.4, -0.2) is 55.2 Å². The maximum Gasteiger partial charge on any atom is 0.273 e. The third-order valence-corrected chi connectivity index (χ3v) is 4.29. The molecule has 0 radical (unpaired) electrons. The fraction of sp³-hybridized carbons (Fsp3) is 0.444. The minimum Gasteiger partial charge on any atom is -0.369 e. The van der Waals surface area contributed by atoms with Crippen molar-refractivity contribution in [3.63, 3.8) is 0 Å². The number of anilines is 1. The Morgan fingerprint density at radius 1 is 1.21 bits per heavy atom. The Labute approximate surface area is 142 Å². The Bertz CT molecular complexity index is 648. The molecule has 1 aliphatic rings. The lowest BCUT2D eigenvalue weighted by molar-refractivity contribution is 0.0942. The lowest BCUT2D eigenvalue weighted by Gasteiger charge is -2.36. The molecular weight excluding hydrogens is 304 g/mol. The zero-order valence-corrected chi connectivity index (χ0v) is 14.1. The van der Waals surface area contributed by atoms with Gasteiger partial charge in [0.25, 0.3) is 5.91 Å². The molecule has 2 heterocycles. The van der Waals surface area contributed by atoms with Gasteiger partial charge in [-0.1, -0.05) is 23.4 Å².